The van der Waals surface area contributed by atoms with Crippen LogP contribution in [0.2, 0.25) is 0 Å². The average molecular weight is 474 g/mol. The molecule has 1 amide bonds. The molecule has 8 heteroatoms. The second-order valence-corrected chi connectivity index (χ2v) is 9.77. The van der Waals surface area contributed by atoms with Crippen LogP contribution in [-0.4, -0.2) is 68.0 Å². The van der Waals surface area contributed by atoms with Crippen molar-refractivity contribution in [3.63, 3.8) is 0 Å². The van der Waals surface area contributed by atoms with E-state index in [2.05, 4.69) is 21.8 Å². The number of aliphatic hydroxyl groups excluding tert-OH is 1. The number of carbonyl (C=O) groups excluding carboxylic acids is 1. The molecule has 0 bridgehead atoms. The predicted molar refractivity (Wildman–Crippen MR) is 132 cm³/mol. The first-order chi connectivity index (χ1) is 17.0. The number of nitrogens with one attached hydrogen (secondary N) is 1. The van der Waals surface area contributed by atoms with E-state index in [1.54, 1.807) is 23.1 Å². The Hall–Kier alpha value is -3.36. The van der Waals surface area contributed by atoms with E-state index >= 15 is 0 Å². The molecule has 4 aromatic rings. The van der Waals surface area contributed by atoms with Crippen molar-refractivity contribution in [1.29, 1.82) is 0 Å². The summed E-state index contributed by atoms with van der Waals surface area (Å²) in [5.74, 6) is 0.968. The Morgan fingerprint density at radius 3 is 2.66 bits per heavy atom. The number of aliphatic hydroxyl groups is 1. The number of fused-ring (bicyclic) bond motifs is 2. The molecule has 7 nitrogen and oxygen atoms in total. The third-order valence-electron chi connectivity index (χ3n) is 7.55. The SMILES string of the molecule is C[C@H](c1nc2ccc(C(=O)N3CC(O)C3)cc2[nH]1)N1CCC(c2ccnc3ccc(F)cc23)CC1. The largest absolute Gasteiger partial charge is 0.389 e. The fourth-order valence-corrected chi connectivity index (χ4v) is 5.43. The van der Waals surface area contributed by atoms with Gasteiger partial charge in [0.05, 0.1) is 28.7 Å². The third-order valence-corrected chi connectivity index (χ3v) is 7.55. The highest BCUT2D eigenvalue weighted by Gasteiger charge is 2.30. The van der Waals surface area contributed by atoms with Gasteiger partial charge < -0.3 is 15.0 Å². The number of aromatic nitrogens is 3. The van der Waals surface area contributed by atoms with Gasteiger partial charge in [-0.3, -0.25) is 14.7 Å². The van der Waals surface area contributed by atoms with Gasteiger partial charge in [0.2, 0.25) is 0 Å². The highest BCUT2D eigenvalue weighted by atomic mass is 19.1. The van der Waals surface area contributed by atoms with E-state index < -0.39 is 6.10 Å². The minimum atomic E-state index is -0.412. The summed E-state index contributed by atoms with van der Waals surface area (Å²) < 4.78 is 13.9. The van der Waals surface area contributed by atoms with Crippen molar-refractivity contribution in [2.75, 3.05) is 26.2 Å². The molecule has 0 radical (unpaired) electrons. The van der Waals surface area contributed by atoms with E-state index in [0.717, 1.165) is 53.7 Å². The lowest BCUT2D eigenvalue weighted by Gasteiger charge is -2.35. The predicted octanol–water partition coefficient (Wildman–Crippen LogP) is 4.01. The number of carbonyl (C=O) groups is 1. The quantitative estimate of drug-likeness (QED) is 0.468. The molecule has 6 rings (SSSR count). The second-order valence-electron chi connectivity index (χ2n) is 9.77. The lowest BCUT2D eigenvalue weighted by molar-refractivity contribution is 0.00590. The number of hydrogen-bond acceptors (Lipinski definition) is 5. The zero-order valence-electron chi connectivity index (χ0n) is 19.6. The lowest BCUT2D eigenvalue weighted by atomic mass is 9.87. The monoisotopic (exact) mass is 473 g/mol. The van der Waals surface area contributed by atoms with Crippen LogP contribution in [0.4, 0.5) is 4.39 Å². The first-order valence-corrected chi connectivity index (χ1v) is 12.2. The fraction of sp³-hybridized carbons (Fsp3) is 0.370. The number of rotatable bonds is 4. The molecular weight excluding hydrogens is 445 g/mol. The van der Waals surface area contributed by atoms with Crippen LogP contribution in [0, 0.1) is 5.82 Å². The molecule has 1 atom stereocenters. The molecule has 2 aromatic carbocycles. The Bertz CT molecular complexity index is 1410. The van der Waals surface area contributed by atoms with Gasteiger partial charge in [-0.05, 0) is 86.8 Å². The van der Waals surface area contributed by atoms with Gasteiger partial charge in [0, 0.05) is 30.2 Å². The van der Waals surface area contributed by atoms with Gasteiger partial charge in [-0.25, -0.2) is 9.37 Å². The minimum absolute atomic E-state index is 0.0630. The molecule has 180 valence electrons. The van der Waals surface area contributed by atoms with Crippen LogP contribution in [0.25, 0.3) is 21.9 Å². The molecule has 0 saturated carbocycles. The maximum absolute atomic E-state index is 13.9. The zero-order chi connectivity index (χ0) is 24.1. The van der Waals surface area contributed by atoms with Crippen LogP contribution in [-0.2, 0) is 0 Å². The average Bonchev–Trinajstić information content (AvgIpc) is 3.29. The lowest BCUT2D eigenvalue weighted by Crippen LogP contribution is -2.53. The molecule has 2 aromatic heterocycles. The molecule has 4 heterocycles. The number of hydrogen-bond donors (Lipinski definition) is 2. The van der Waals surface area contributed by atoms with Crippen LogP contribution >= 0.6 is 0 Å². The topological polar surface area (TPSA) is 85.3 Å². The number of halogens is 1. The van der Waals surface area contributed by atoms with Crippen LogP contribution in [0.5, 0.6) is 0 Å². The standard InChI is InChI=1S/C27H28FN5O2/c1-16(26-30-24-4-2-18(12-25(24)31-26)27(35)33-14-20(34)15-33)32-10-7-17(8-11-32)21-6-9-29-23-5-3-19(28)13-22(21)23/h2-6,9,12-13,16-17,20,34H,7-8,10-11,14-15H2,1H3,(H,30,31)/t16-/m1/s1. The highest BCUT2D eigenvalue weighted by molar-refractivity contribution is 5.97. The van der Waals surface area contributed by atoms with E-state index in [0.29, 0.717) is 24.6 Å². The van der Waals surface area contributed by atoms with E-state index in [1.807, 2.05) is 24.4 Å². The maximum atomic E-state index is 13.9. The summed E-state index contributed by atoms with van der Waals surface area (Å²) in [6.45, 7) is 4.78. The van der Waals surface area contributed by atoms with Crippen molar-refractivity contribution >= 4 is 27.8 Å². The van der Waals surface area contributed by atoms with E-state index in [4.69, 9.17) is 4.98 Å². The number of amides is 1. The molecule has 2 saturated heterocycles. The van der Waals surface area contributed by atoms with Crippen molar-refractivity contribution in [2.24, 2.45) is 0 Å². The van der Waals surface area contributed by atoms with Crippen LogP contribution in [0.3, 0.4) is 0 Å². The number of aromatic amines is 1. The van der Waals surface area contributed by atoms with E-state index in [9.17, 15) is 14.3 Å². The number of H-pyrrole nitrogens is 1. The zero-order valence-corrected chi connectivity index (χ0v) is 19.6. The van der Waals surface area contributed by atoms with Crippen LogP contribution in [0.1, 0.15) is 53.5 Å². The van der Waals surface area contributed by atoms with Gasteiger partial charge in [0.25, 0.3) is 5.91 Å². The normalized spacial score (nSPS) is 18.8. The van der Waals surface area contributed by atoms with Crippen LogP contribution in [0.15, 0.2) is 48.7 Å². The van der Waals surface area contributed by atoms with Gasteiger partial charge in [-0.2, -0.15) is 0 Å². The van der Waals surface area contributed by atoms with Crippen molar-refractivity contribution in [1.82, 2.24) is 24.8 Å². The summed E-state index contributed by atoms with van der Waals surface area (Å²) in [5.41, 5.74) is 4.31. The Balaban J connectivity index is 1.16. The Morgan fingerprint density at radius 2 is 1.89 bits per heavy atom. The third kappa shape index (κ3) is 4.06. The molecule has 0 aliphatic carbocycles. The molecule has 2 aliphatic rings. The Kier molecular flexibility index (Phi) is 5.50. The first-order valence-electron chi connectivity index (χ1n) is 12.2. The molecular formula is C27H28FN5O2. The van der Waals surface area contributed by atoms with Crippen molar-refractivity contribution in [3.05, 3.63) is 71.4 Å². The van der Waals surface area contributed by atoms with E-state index in [-0.39, 0.29) is 17.8 Å². The molecule has 0 spiro atoms. The number of β-amino-alcohol motifs (C(OH)–C–C–N with tert-alkyl or cyclic N) is 1. The number of benzene rings is 2. The maximum Gasteiger partial charge on any atom is 0.254 e. The minimum Gasteiger partial charge on any atom is -0.389 e. The molecule has 2 fully saturated rings. The summed E-state index contributed by atoms with van der Waals surface area (Å²) in [6.07, 6.45) is 3.38. The highest BCUT2D eigenvalue weighted by Crippen LogP contribution is 2.35. The van der Waals surface area contributed by atoms with Gasteiger partial charge in [0.1, 0.15) is 11.6 Å². The van der Waals surface area contributed by atoms with Gasteiger partial charge in [0.15, 0.2) is 0 Å². The summed E-state index contributed by atoms with van der Waals surface area (Å²) in [4.78, 5) is 29.3. The second kappa shape index (κ2) is 8.70. The first kappa shape index (κ1) is 22.1. The fourth-order valence-electron chi connectivity index (χ4n) is 5.43. The summed E-state index contributed by atoms with van der Waals surface area (Å²) in [7, 11) is 0. The molecule has 35 heavy (non-hydrogen) atoms. The summed E-state index contributed by atoms with van der Waals surface area (Å²) >= 11 is 0. The van der Waals surface area contributed by atoms with Gasteiger partial charge in [-0.15, -0.1) is 0 Å². The number of likely N-dealkylation sites (tertiary alicyclic amines) is 2. The van der Waals surface area contributed by atoms with Gasteiger partial charge >= 0.3 is 0 Å². The summed E-state index contributed by atoms with van der Waals surface area (Å²) in [6, 6.07) is 12.5. The van der Waals surface area contributed by atoms with E-state index in [1.165, 1.54) is 11.6 Å². The van der Waals surface area contributed by atoms with Crippen LogP contribution < -0.4 is 0 Å². The van der Waals surface area contributed by atoms with Crippen molar-refractivity contribution in [2.45, 2.75) is 37.8 Å². The molecule has 2 aliphatic heterocycles. The number of nitrogens with zero attached hydrogens (tertiary/aromatic N) is 4. The number of piperidine rings is 1. The molecule has 0 unspecified atom stereocenters. The van der Waals surface area contributed by atoms with Crippen molar-refractivity contribution < 1.29 is 14.3 Å². The smallest absolute Gasteiger partial charge is 0.254 e. The van der Waals surface area contributed by atoms with Crippen molar-refractivity contribution in [3.8, 4) is 0 Å². The number of imidazole rings is 1. The molecule has 2 N–H and O–H groups in total. The number of pyridine rings is 1. The Morgan fingerprint density at radius 1 is 1.11 bits per heavy atom. The Labute approximate surface area is 202 Å². The summed E-state index contributed by atoms with van der Waals surface area (Å²) in [5, 5.41) is 10.4. The van der Waals surface area contributed by atoms with Gasteiger partial charge in [-0.1, -0.05) is 0 Å².